The lowest BCUT2D eigenvalue weighted by molar-refractivity contribution is -0.129. The van der Waals surface area contributed by atoms with Crippen LogP contribution < -0.4 is 5.73 Å². The van der Waals surface area contributed by atoms with Crippen molar-refractivity contribution in [3.05, 3.63) is 41.9 Å². The first-order valence-corrected chi connectivity index (χ1v) is 10.5. The van der Waals surface area contributed by atoms with Crippen molar-refractivity contribution in [2.75, 3.05) is 39.3 Å². The zero-order chi connectivity index (χ0) is 20.4. The second-order valence-corrected chi connectivity index (χ2v) is 8.18. The summed E-state index contributed by atoms with van der Waals surface area (Å²) >= 11 is 0. The van der Waals surface area contributed by atoms with Gasteiger partial charge in [0.05, 0.1) is 6.42 Å². The number of likely N-dealkylation sites (tertiary alicyclic amines) is 1. The van der Waals surface area contributed by atoms with E-state index < -0.39 is 0 Å². The highest BCUT2D eigenvalue weighted by atomic mass is 16.2. The predicted molar refractivity (Wildman–Crippen MR) is 113 cm³/mol. The number of rotatable bonds is 4. The van der Waals surface area contributed by atoms with Gasteiger partial charge in [0.1, 0.15) is 0 Å². The molecule has 3 N–H and O–H groups in total. The van der Waals surface area contributed by atoms with Crippen molar-refractivity contribution in [3.63, 3.8) is 0 Å². The Morgan fingerprint density at radius 3 is 2.52 bits per heavy atom. The number of carbonyl (C=O) groups excluding carboxylic acids is 2. The summed E-state index contributed by atoms with van der Waals surface area (Å²) in [6.45, 7) is 6.89. The van der Waals surface area contributed by atoms with Gasteiger partial charge in [-0.05, 0) is 54.8 Å². The molecule has 4 rings (SSSR count). The van der Waals surface area contributed by atoms with Gasteiger partial charge in [0, 0.05) is 57.0 Å². The molecule has 0 spiro atoms. The van der Waals surface area contributed by atoms with Crippen LogP contribution in [0.5, 0.6) is 0 Å². The highest BCUT2D eigenvalue weighted by molar-refractivity contribution is 5.86. The third-order valence-corrected chi connectivity index (χ3v) is 6.35. The van der Waals surface area contributed by atoms with Crippen molar-refractivity contribution in [1.82, 2.24) is 19.7 Å². The number of carbonyl (C=O) groups is 2. The molecule has 29 heavy (non-hydrogen) atoms. The summed E-state index contributed by atoms with van der Waals surface area (Å²) in [5.74, 6) is 0.125. The molecule has 1 aromatic heterocycles. The normalized spacial score (nSPS) is 19.1. The van der Waals surface area contributed by atoms with Crippen molar-refractivity contribution in [2.45, 2.75) is 32.2 Å². The molecular weight excluding hydrogens is 366 g/mol. The summed E-state index contributed by atoms with van der Waals surface area (Å²) in [6, 6.07) is 6.54. The molecule has 2 aliphatic heterocycles. The van der Waals surface area contributed by atoms with E-state index in [9.17, 15) is 9.59 Å². The maximum Gasteiger partial charge on any atom is 0.314 e. The molecule has 3 amide bonds. The number of amides is 3. The van der Waals surface area contributed by atoms with Crippen molar-refractivity contribution in [2.24, 2.45) is 5.73 Å². The molecule has 0 bridgehead atoms. The molecule has 1 radical (unpaired) electrons. The molecule has 0 aliphatic carbocycles. The van der Waals surface area contributed by atoms with E-state index in [2.05, 4.69) is 35.0 Å². The number of piperidine rings is 1. The number of nitrogens with two attached hydrogens (primary N) is 1. The van der Waals surface area contributed by atoms with Gasteiger partial charge in [-0.1, -0.05) is 6.07 Å². The van der Waals surface area contributed by atoms with Crippen LogP contribution in [-0.4, -0.2) is 76.9 Å². The highest BCUT2D eigenvalue weighted by Crippen LogP contribution is 2.21. The molecule has 3 heterocycles. The number of hydrogen-bond acceptors (Lipinski definition) is 3. The average Bonchev–Trinajstić information content (AvgIpc) is 3.21. The van der Waals surface area contributed by atoms with Crippen LogP contribution in [0.15, 0.2) is 24.4 Å². The third-order valence-electron chi connectivity index (χ3n) is 6.35. The van der Waals surface area contributed by atoms with E-state index in [-0.39, 0.29) is 11.9 Å². The van der Waals surface area contributed by atoms with E-state index in [0.29, 0.717) is 12.5 Å². The maximum absolute atomic E-state index is 12.7. The summed E-state index contributed by atoms with van der Waals surface area (Å²) in [7, 11) is 0. The van der Waals surface area contributed by atoms with Crippen molar-refractivity contribution >= 4 is 22.8 Å². The number of aromatic nitrogens is 1. The fourth-order valence-corrected chi connectivity index (χ4v) is 4.65. The molecule has 2 fully saturated rings. The van der Waals surface area contributed by atoms with Crippen LogP contribution in [-0.2, 0) is 11.2 Å². The molecule has 2 saturated heterocycles. The Hall–Kier alpha value is -2.54. The number of aromatic amines is 1. The van der Waals surface area contributed by atoms with Crippen molar-refractivity contribution in [3.8, 4) is 0 Å². The SMILES string of the molecule is Cc1cc(C[CH]C(=O)N2CCN(C3CCN(C(N)=O)CC3)CC2)cc2cc[nH]c12. The Morgan fingerprint density at radius 2 is 1.83 bits per heavy atom. The van der Waals surface area contributed by atoms with Gasteiger partial charge < -0.3 is 20.5 Å². The number of hydrogen-bond donors (Lipinski definition) is 2. The van der Waals surface area contributed by atoms with E-state index in [1.807, 2.05) is 17.5 Å². The topological polar surface area (TPSA) is 85.7 Å². The lowest BCUT2D eigenvalue weighted by atomic mass is 10.0. The minimum atomic E-state index is -0.319. The lowest BCUT2D eigenvalue weighted by Crippen LogP contribution is -2.55. The van der Waals surface area contributed by atoms with Gasteiger partial charge in [0.25, 0.3) is 0 Å². The Morgan fingerprint density at radius 1 is 1.10 bits per heavy atom. The molecule has 155 valence electrons. The first-order valence-electron chi connectivity index (χ1n) is 10.5. The first-order chi connectivity index (χ1) is 14.0. The minimum absolute atomic E-state index is 0.125. The van der Waals surface area contributed by atoms with Gasteiger partial charge in [-0.2, -0.15) is 0 Å². The van der Waals surface area contributed by atoms with Crippen LogP contribution in [0.4, 0.5) is 4.79 Å². The van der Waals surface area contributed by atoms with Gasteiger partial charge in [0.15, 0.2) is 0 Å². The number of aryl methyl sites for hydroxylation is 1. The summed E-state index contributed by atoms with van der Waals surface area (Å²) in [4.78, 5) is 33.3. The molecule has 0 atom stereocenters. The standard InChI is InChI=1S/C22H30N5O2/c1-16-14-17(15-18-4-7-24-21(16)18)2-3-20(28)26-12-10-25(11-13-26)19-5-8-27(9-6-19)22(23)29/h3-4,7,14-15,19,24H,2,5-6,8-13H2,1H3,(H2,23,29). The van der Waals surface area contributed by atoms with Crippen LogP contribution in [0, 0.1) is 13.3 Å². The number of H-pyrrole nitrogens is 1. The second kappa shape index (κ2) is 8.45. The maximum atomic E-state index is 12.7. The largest absolute Gasteiger partial charge is 0.361 e. The Kier molecular flexibility index (Phi) is 5.76. The van der Waals surface area contributed by atoms with E-state index in [1.165, 1.54) is 16.5 Å². The number of nitrogens with one attached hydrogen (secondary N) is 1. The summed E-state index contributed by atoms with van der Waals surface area (Å²) < 4.78 is 0. The number of benzene rings is 1. The van der Waals surface area contributed by atoms with Crippen LogP contribution in [0.3, 0.4) is 0 Å². The molecule has 1 aromatic carbocycles. The van der Waals surface area contributed by atoms with Gasteiger partial charge in [0.2, 0.25) is 5.91 Å². The highest BCUT2D eigenvalue weighted by Gasteiger charge is 2.29. The number of nitrogens with zero attached hydrogens (tertiary/aromatic N) is 3. The quantitative estimate of drug-likeness (QED) is 0.828. The van der Waals surface area contributed by atoms with E-state index >= 15 is 0 Å². The molecule has 2 aromatic rings. The molecular formula is C22H30N5O2. The monoisotopic (exact) mass is 396 g/mol. The van der Waals surface area contributed by atoms with Crippen LogP contribution >= 0.6 is 0 Å². The zero-order valence-corrected chi connectivity index (χ0v) is 17.1. The van der Waals surface area contributed by atoms with E-state index in [0.717, 1.165) is 57.6 Å². The van der Waals surface area contributed by atoms with Gasteiger partial charge in [-0.3, -0.25) is 9.69 Å². The zero-order valence-electron chi connectivity index (χ0n) is 17.1. The van der Waals surface area contributed by atoms with Gasteiger partial charge in [-0.25, -0.2) is 4.79 Å². The summed E-state index contributed by atoms with van der Waals surface area (Å²) in [6.07, 6.45) is 6.35. The number of urea groups is 1. The molecule has 7 nitrogen and oxygen atoms in total. The van der Waals surface area contributed by atoms with Crippen LogP contribution in [0.25, 0.3) is 10.9 Å². The number of fused-ring (bicyclic) bond motifs is 1. The minimum Gasteiger partial charge on any atom is -0.361 e. The average molecular weight is 397 g/mol. The van der Waals surface area contributed by atoms with Crippen molar-refractivity contribution in [1.29, 1.82) is 0 Å². The molecule has 0 saturated carbocycles. The molecule has 7 heteroatoms. The Labute approximate surface area is 171 Å². The summed E-state index contributed by atoms with van der Waals surface area (Å²) in [5, 5.41) is 1.19. The van der Waals surface area contributed by atoms with Crippen LogP contribution in [0.1, 0.15) is 24.0 Å². The first kappa shape index (κ1) is 19.8. The van der Waals surface area contributed by atoms with Gasteiger partial charge >= 0.3 is 6.03 Å². The smallest absolute Gasteiger partial charge is 0.314 e. The number of piperazine rings is 1. The predicted octanol–water partition coefficient (Wildman–Crippen LogP) is 1.91. The van der Waals surface area contributed by atoms with Crippen molar-refractivity contribution < 1.29 is 9.59 Å². The van der Waals surface area contributed by atoms with Gasteiger partial charge in [-0.15, -0.1) is 0 Å². The second-order valence-electron chi connectivity index (χ2n) is 8.18. The molecule has 2 aliphatic rings. The van der Waals surface area contributed by atoms with E-state index in [4.69, 9.17) is 5.73 Å². The Bertz CT molecular complexity index is 876. The number of primary amides is 1. The van der Waals surface area contributed by atoms with Crippen LogP contribution in [0.2, 0.25) is 0 Å². The fraction of sp³-hybridized carbons (Fsp3) is 0.500. The van der Waals surface area contributed by atoms with E-state index in [1.54, 1.807) is 4.90 Å². The fourth-order valence-electron chi connectivity index (χ4n) is 4.65. The summed E-state index contributed by atoms with van der Waals surface area (Å²) in [5.41, 5.74) is 8.91. The Balaban J connectivity index is 1.24. The molecule has 0 unspecified atom stereocenters. The lowest BCUT2D eigenvalue weighted by Gasteiger charge is -2.42. The third kappa shape index (κ3) is 4.40.